The average molecular weight is 540 g/mol. The molecule has 2 amide bonds. The second-order valence-corrected chi connectivity index (χ2v) is 10.4. The number of aromatic nitrogens is 4. The normalized spacial score (nSPS) is 15.6. The Balaban J connectivity index is 1.32. The number of morpholine rings is 1. The Labute approximate surface area is 222 Å². The molecule has 37 heavy (non-hydrogen) atoms. The third kappa shape index (κ3) is 4.70. The lowest BCUT2D eigenvalue weighted by atomic mass is 10.0. The van der Waals surface area contributed by atoms with Crippen molar-refractivity contribution in [1.82, 2.24) is 30.0 Å². The van der Waals surface area contributed by atoms with E-state index in [1.165, 1.54) is 5.56 Å². The van der Waals surface area contributed by atoms with Gasteiger partial charge in [0.05, 0.1) is 37.3 Å². The van der Waals surface area contributed by atoms with E-state index in [-0.39, 0.29) is 6.03 Å². The number of urea groups is 1. The van der Waals surface area contributed by atoms with Crippen LogP contribution < -0.4 is 10.1 Å². The number of halogens is 1. The molecule has 2 aliphatic rings. The van der Waals surface area contributed by atoms with Crippen molar-refractivity contribution in [2.24, 2.45) is 0 Å². The molecule has 5 heterocycles. The van der Waals surface area contributed by atoms with Crippen LogP contribution in [0.25, 0.3) is 21.7 Å². The van der Waals surface area contributed by atoms with Gasteiger partial charge in [0.1, 0.15) is 22.1 Å². The SMILES string of the molecule is COc1ccc(CNc2nc(-c3ccn[nH]3)nc3sc4c(c23)CCN(C(=O)N2CCOCC2)C4)cc1Cl. The molecule has 6 rings (SSSR count). The molecule has 0 atom stereocenters. The van der Waals surface area contributed by atoms with Crippen LogP contribution in [-0.4, -0.2) is 76.0 Å². The number of aromatic amines is 1. The van der Waals surface area contributed by atoms with E-state index in [0.717, 1.165) is 38.6 Å². The van der Waals surface area contributed by atoms with Crippen LogP contribution in [0.3, 0.4) is 0 Å². The van der Waals surface area contributed by atoms with Gasteiger partial charge in [0, 0.05) is 37.3 Å². The maximum Gasteiger partial charge on any atom is 0.320 e. The number of nitrogens with one attached hydrogen (secondary N) is 2. The van der Waals surface area contributed by atoms with Gasteiger partial charge in [-0.1, -0.05) is 17.7 Å². The van der Waals surface area contributed by atoms with E-state index in [1.807, 2.05) is 34.1 Å². The van der Waals surface area contributed by atoms with E-state index in [4.69, 9.17) is 31.0 Å². The average Bonchev–Trinajstić information content (AvgIpc) is 3.59. The number of hydrogen-bond acceptors (Lipinski definition) is 8. The fourth-order valence-corrected chi connectivity index (χ4v) is 6.26. The quantitative estimate of drug-likeness (QED) is 0.392. The van der Waals surface area contributed by atoms with Crippen molar-refractivity contribution in [3.8, 4) is 17.3 Å². The molecule has 0 spiro atoms. The van der Waals surface area contributed by atoms with Crippen molar-refractivity contribution in [2.45, 2.75) is 19.5 Å². The number of anilines is 1. The summed E-state index contributed by atoms with van der Waals surface area (Å²) in [7, 11) is 1.60. The number of carbonyl (C=O) groups is 1. The Morgan fingerprint density at radius 1 is 1.22 bits per heavy atom. The number of thiophene rings is 1. The number of fused-ring (bicyclic) bond motifs is 3. The number of rotatable bonds is 5. The molecule has 12 heteroatoms. The summed E-state index contributed by atoms with van der Waals surface area (Å²) in [6.45, 7) is 4.21. The molecule has 0 unspecified atom stereocenters. The van der Waals surface area contributed by atoms with Crippen LogP contribution >= 0.6 is 22.9 Å². The predicted octanol–water partition coefficient (Wildman–Crippen LogP) is 4.17. The molecule has 2 aliphatic heterocycles. The van der Waals surface area contributed by atoms with Crippen LogP contribution in [0, 0.1) is 0 Å². The van der Waals surface area contributed by atoms with Crippen molar-refractivity contribution in [3.05, 3.63) is 51.5 Å². The van der Waals surface area contributed by atoms with E-state index in [2.05, 4.69) is 15.5 Å². The molecule has 3 aromatic heterocycles. The standard InChI is InChI=1S/C25H26ClN7O3S/c1-35-19-3-2-15(12-17(19)26)13-27-23-21-16-5-7-33(25(34)32-8-10-36-11-9-32)14-20(16)37-24(21)30-22(29-23)18-4-6-28-31-18/h2-4,6,12H,5,7-11,13-14H2,1H3,(H,28,31)(H,27,29,30). The van der Waals surface area contributed by atoms with Crippen LogP contribution in [0.15, 0.2) is 30.5 Å². The first-order chi connectivity index (χ1) is 18.1. The second-order valence-electron chi connectivity index (χ2n) is 8.93. The zero-order valence-electron chi connectivity index (χ0n) is 20.3. The van der Waals surface area contributed by atoms with Gasteiger partial charge >= 0.3 is 6.03 Å². The van der Waals surface area contributed by atoms with Gasteiger partial charge in [0.15, 0.2) is 5.82 Å². The number of hydrogen-bond donors (Lipinski definition) is 2. The summed E-state index contributed by atoms with van der Waals surface area (Å²) in [5.41, 5.74) is 2.96. The van der Waals surface area contributed by atoms with Crippen LogP contribution in [-0.2, 0) is 24.2 Å². The lowest BCUT2D eigenvalue weighted by molar-refractivity contribution is 0.0423. The van der Waals surface area contributed by atoms with Crippen LogP contribution in [0.4, 0.5) is 10.6 Å². The number of benzene rings is 1. The highest BCUT2D eigenvalue weighted by molar-refractivity contribution is 7.19. The molecule has 4 aromatic rings. The summed E-state index contributed by atoms with van der Waals surface area (Å²) in [6.07, 6.45) is 2.44. The van der Waals surface area contributed by atoms with Crippen molar-refractivity contribution < 1.29 is 14.3 Å². The third-order valence-electron chi connectivity index (χ3n) is 6.67. The minimum Gasteiger partial charge on any atom is -0.495 e. The number of H-pyrrole nitrogens is 1. The molecule has 192 valence electrons. The predicted molar refractivity (Wildman–Crippen MR) is 142 cm³/mol. The summed E-state index contributed by atoms with van der Waals surface area (Å²) >= 11 is 7.96. The largest absolute Gasteiger partial charge is 0.495 e. The monoisotopic (exact) mass is 539 g/mol. The van der Waals surface area contributed by atoms with Crippen molar-refractivity contribution in [1.29, 1.82) is 0 Å². The third-order valence-corrected chi connectivity index (χ3v) is 8.08. The molecule has 0 saturated carbocycles. The van der Waals surface area contributed by atoms with Gasteiger partial charge in [0.2, 0.25) is 0 Å². The van der Waals surface area contributed by atoms with E-state index in [1.54, 1.807) is 24.6 Å². The fourth-order valence-electron chi connectivity index (χ4n) is 4.75. The molecule has 10 nitrogen and oxygen atoms in total. The Morgan fingerprint density at radius 2 is 2.08 bits per heavy atom. The summed E-state index contributed by atoms with van der Waals surface area (Å²) in [4.78, 5) is 28.7. The molecule has 1 aromatic carbocycles. The number of ether oxygens (including phenoxy) is 2. The zero-order valence-corrected chi connectivity index (χ0v) is 21.9. The van der Waals surface area contributed by atoms with E-state index in [0.29, 0.717) is 62.5 Å². The van der Waals surface area contributed by atoms with Crippen LogP contribution in [0.2, 0.25) is 5.02 Å². The van der Waals surface area contributed by atoms with Gasteiger partial charge in [0.25, 0.3) is 0 Å². The Kier molecular flexibility index (Phi) is 6.58. The number of methoxy groups -OCH3 is 1. The first-order valence-corrected chi connectivity index (χ1v) is 13.3. The summed E-state index contributed by atoms with van der Waals surface area (Å²) in [5.74, 6) is 1.96. The number of nitrogens with zero attached hydrogens (tertiary/aromatic N) is 5. The zero-order chi connectivity index (χ0) is 25.4. The highest BCUT2D eigenvalue weighted by atomic mass is 35.5. The van der Waals surface area contributed by atoms with Crippen molar-refractivity contribution in [3.63, 3.8) is 0 Å². The lowest BCUT2D eigenvalue weighted by Gasteiger charge is -2.34. The molecule has 1 saturated heterocycles. The topological polar surface area (TPSA) is 108 Å². The fraction of sp³-hybridized carbons (Fsp3) is 0.360. The smallest absolute Gasteiger partial charge is 0.320 e. The molecule has 0 aliphatic carbocycles. The number of amides is 2. The highest BCUT2D eigenvalue weighted by Crippen LogP contribution is 2.39. The van der Waals surface area contributed by atoms with Crippen molar-refractivity contribution >= 4 is 45.0 Å². The lowest BCUT2D eigenvalue weighted by Crippen LogP contribution is -2.49. The summed E-state index contributed by atoms with van der Waals surface area (Å²) in [5, 5.41) is 12.1. The van der Waals surface area contributed by atoms with Crippen molar-refractivity contribution in [2.75, 3.05) is 45.3 Å². The highest BCUT2D eigenvalue weighted by Gasteiger charge is 2.30. The van der Waals surface area contributed by atoms with Crippen LogP contribution in [0.1, 0.15) is 16.0 Å². The van der Waals surface area contributed by atoms with E-state index < -0.39 is 0 Å². The second kappa shape index (κ2) is 10.2. The molecule has 1 fully saturated rings. The van der Waals surface area contributed by atoms with E-state index >= 15 is 0 Å². The molecular formula is C25H26ClN7O3S. The maximum atomic E-state index is 13.1. The molecule has 0 bridgehead atoms. The summed E-state index contributed by atoms with van der Waals surface area (Å²) in [6, 6.07) is 7.65. The minimum atomic E-state index is 0.0744. The first kappa shape index (κ1) is 24.0. The molecule has 2 N–H and O–H groups in total. The van der Waals surface area contributed by atoms with Gasteiger partial charge in [-0.25, -0.2) is 14.8 Å². The van der Waals surface area contributed by atoms with E-state index in [9.17, 15) is 4.79 Å². The van der Waals surface area contributed by atoms with Gasteiger partial charge in [-0.3, -0.25) is 5.10 Å². The Morgan fingerprint density at radius 3 is 2.84 bits per heavy atom. The van der Waals surface area contributed by atoms with Gasteiger partial charge in [-0.2, -0.15) is 5.10 Å². The molecule has 0 radical (unpaired) electrons. The minimum absolute atomic E-state index is 0.0744. The number of carbonyl (C=O) groups excluding carboxylic acids is 1. The van der Waals surface area contributed by atoms with Gasteiger partial charge < -0.3 is 24.6 Å². The first-order valence-electron chi connectivity index (χ1n) is 12.1. The van der Waals surface area contributed by atoms with Gasteiger partial charge in [-0.05, 0) is 35.7 Å². The maximum absolute atomic E-state index is 13.1. The Bertz CT molecular complexity index is 1440. The Hall–Kier alpha value is -3.41. The summed E-state index contributed by atoms with van der Waals surface area (Å²) < 4.78 is 10.7. The molecular weight excluding hydrogens is 514 g/mol. The van der Waals surface area contributed by atoms with Gasteiger partial charge in [-0.15, -0.1) is 11.3 Å². The van der Waals surface area contributed by atoms with Crippen LogP contribution in [0.5, 0.6) is 5.75 Å².